The molecule has 3 rings (SSSR count). The van der Waals surface area contributed by atoms with Crippen molar-refractivity contribution in [2.45, 2.75) is 70.9 Å². The highest BCUT2D eigenvalue weighted by Gasteiger charge is 2.54. The van der Waals surface area contributed by atoms with Crippen molar-refractivity contribution in [2.75, 3.05) is 0 Å². The first-order valence-corrected chi connectivity index (χ1v) is 10.3. The SMILES string of the molecule is CCCCC(CC)C(=O)CC(O)C1OC(=O)C2=C1OC(C)(c1c(O)cccc1O)O2. The predicted octanol–water partition coefficient (Wildman–Crippen LogP) is 2.99. The molecule has 1 aromatic carbocycles. The van der Waals surface area contributed by atoms with Crippen LogP contribution < -0.4 is 0 Å². The summed E-state index contributed by atoms with van der Waals surface area (Å²) in [6.07, 6.45) is 0.650. The fourth-order valence-corrected chi connectivity index (χ4v) is 3.95. The standard InChI is InChI=1S/C22H28O8/c1-4-6-8-12(5-2)15(25)11-16(26)18-19-20(21(27)28-18)30-22(3,29-19)17-13(23)9-7-10-14(17)24/h7,9-10,12,16,18,23-24,26H,4-6,8,11H2,1-3H3. The number of ketones is 1. The highest BCUT2D eigenvalue weighted by molar-refractivity contribution is 5.90. The minimum absolute atomic E-state index is 0.0490. The second kappa shape index (κ2) is 8.55. The zero-order valence-corrected chi connectivity index (χ0v) is 17.4. The highest BCUT2D eigenvalue weighted by atomic mass is 16.8. The number of aliphatic hydroxyl groups is 1. The molecule has 164 valence electrons. The van der Waals surface area contributed by atoms with E-state index in [0.717, 1.165) is 19.3 Å². The second-order valence-corrected chi connectivity index (χ2v) is 7.83. The van der Waals surface area contributed by atoms with Crippen LogP contribution in [0.2, 0.25) is 0 Å². The van der Waals surface area contributed by atoms with Crippen LogP contribution in [0.25, 0.3) is 0 Å². The van der Waals surface area contributed by atoms with Gasteiger partial charge in [-0.1, -0.05) is 32.8 Å². The molecule has 30 heavy (non-hydrogen) atoms. The van der Waals surface area contributed by atoms with Crippen LogP contribution in [0.4, 0.5) is 0 Å². The molecule has 3 N–H and O–H groups in total. The maximum atomic E-state index is 12.6. The van der Waals surface area contributed by atoms with E-state index in [1.165, 1.54) is 25.1 Å². The van der Waals surface area contributed by atoms with Gasteiger partial charge in [0.15, 0.2) is 11.9 Å². The van der Waals surface area contributed by atoms with Gasteiger partial charge in [0.1, 0.15) is 28.9 Å². The summed E-state index contributed by atoms with van der Waals surface area (Å²) < 4.78 is 16.6. The van der Waals surface area contributed by atoms with Crippen molar-refractivity contribution in [1.29, 1.82) is 0 Å². The summed E-state index contributed by atoms with van der Waals surface area (Å²) in [7, 11) is 0. The Labute approximate surface area is 175 Å². The molecule has 8 nitrogen and oxygen atoms in total. The third-order valence-electron chi connectivity index (χ3n) is 5.59. The van der Waals surface area contributed by atoms with Crippen molar-refractivity contribution in [3.8, 4) is 11.5 Å². The average Bonchev–Trinajstić information content (AvgIpc) is 3.18. The van der Waals surface area contributed by atoms with Gasteiger partial charge in [0.25, 0.3) is 11.5 Å². The van der Waals surface area contributed by atoms with E-state index in [4.69, 9.17) is 14.2 Å². The molecule has 0 bridgehead atoms. The quantitative estimate of drug-likeness (QED) is 0.521. The molecule has 8 heteroatoms. The summed E-state index contributed by atoms with van der Waals surface area (Å²) in [6.45, 7) is 5.41. The zero-order valence-electron chi connectivity index (χ0n) is 17.4. The summed E-state index contributed by atoms with van der Waals surface area (Å²) in [4.78, 5) is 24.9. The Morgan fingerprint density at radius 2 is 1.87 bits per heavy atom. The fourth-order valence-electron chi connectivity index (χ4n) is 3.95. The molecule has 0 saturated heterocycles. The molecule has 0 aliphatic carbocycles. The molecule has 0 spiro atoms. The van der Waals surface area contributed by atoms with Gasteiger partial charge in [-0.3, -0.25) is 4.79 Å². The van der Waals surface area contributed by atoms with E-state index in [2.05, 4.69) is 6.92 Å². The summed E-state index contributed by atoms with van der Waals surface area (Å²) in [5.41, 5.74) is -0.0536. The number of phenols is 2. The summed E-state index contributed by atoms with van der Waals surface area (Å²) >= 11 is 0. The first-order valence-electron chi connectivity index (χ1n) is 10.3. The van der Waals surface area contributed by atoms with Gasteiger partial charge in [-0.25, -0.2) is 4.79 Å². The number of benzene rings is 1. The largest absolute Gasteiger partial charge is 0.507 e. The van der Waals surface area contributed by atoms with Crippen molar-refractivity contribution in [3.05, 3.63) is 35.3 Å². The summed E-state index contributed by atoms with van der Waals surface area (Å²) in [5.74, 6) is -3.62. The number of aromatic hydroxyl groups is 2. The van der Waals surface area contributed by atoms with E-state index in [1.807, 2.05) is 6.92 Å². The van der Waals surface area contributed by atoms with Crippen LogP contribution in [-0.2, 0) is 29.6 Å². The second-order valence-electron chi connectivity index (χ2n) is 7.83. The fraction of sp³-hybridized carbons (Fsp3) is 0.545. The van der Waals surface area contributed by atoms with E-state index in [0.29, 0.717) is 6.42 Å². The molecule has 0 radical (unpaired) electrons. The van der Waals surface area contributed by atoms with E-state index in [1.54, 1.807) is 0 Å². The number of carbonyl (C=O) groups is 2. The predicted molar refractivity (Wildman–Crippen MR) is 105 cm³/mol. The molecule has 2 heterocycles. The van der Waals surface area contributed by atoms with Gasteiger partial charge in [-0.05, 0) is 25.0 Å². The van der Waals surface area contributed by atoms with Crippen molar-refractivity contribution < 1.29 is 39.1 Å². The third-order valence-corrected chi connectivity index (χ3v) is 5.59. The molecular formula is C22H28O8. The van der Waals surface area contributed by atoms with Gasteiger partial charge in [0, 0.05) is 19.3 Å². The maximum absolute atomic E-state index is 12.6. The Kier molecular flexibility index (Phi) is 6.26. The molecule has 4 atom stereocenters. The maximum Gasteiger partial charge on any atom is 0.378 e. The van der Waals surface area contributed by atoms with Gasteiger partial charge in [0.05, 0.1) is 0 Å². The van der Waals surface area contributed by atoms with Crippen molar-refractivity contribution >= 4 is 11.8 Å². The molecule has 0 fully saturated rings. The number of aliphatic hydroxyl groups excluding tert-OH is 1. The van der Waals surface area contributed by atoms with Crippen LogP contribution >= 0.6 is 0 Å². The first kappa shape index (κ1) is 22.0. The molecule has 1 aromatic rings. The minimum atomic E-state index is -1.69. The number of ether oxygens (including phenoxy) is 3. The number of cyclic esters (lactones) is 1. The molecule has 0 amide bonds. The van der Waals surface area contributed by atoms with Crippen LogP contribution in [0.1, 0.15) is 58.4 Å². The van der Waals surface area contributed by atoms with Crippen LogP contribution in [-0.4, -0.2) is 39.3 Å². The average molecular weight is 420 g/mol. The Bertz CT molecular complexity index is 840. The Hall–Kier alpha value is -2.74. The summed E-state index contributed by atoms with van der Waals surface area (Å²) in [6, 6.07) is 4.14. The number of unbranched alkanes of at least 4 members (excludes halogenated alkanes) is 1. The zero-order chi connectivity index (χ0) is 22.1. The first-order chi connectivity index (χ1) is 14.2. The Morgan fingerprint density at radius 3 is 2.47 bits per heavy atom. The van der Waals surface area contributed by atoms with Crippen molar-refractivity contribution in [3.63, 3.8) is 0 Å². The van der Waals surface area contributed by atoms with Crippen LogP contribution in [0.3, 0.4) is 0 Å². The minimum Gasteiger partial charge on any atom is -0.507 e. The topological polar surface area (TPSA) is 123 Å². The van der Waals surface area contributed by atoms with Crippen molar-refractivity contribution in [1.82, 2.24) is 0 Å². The Morgan fingerprint density at radius 1 is 1.20 bits per heavy atom. The monoisotopic (exact) mass is 420 g/mol. The van der Waals surface area contributed by atoms with E-state index >= 15 is 0 Å². The van der Waals surface area contributed by atoms with Crippen LogP contribution in [0.5, 0.6) is 11.5 Å². The molecule has 0 aromatic heterocycles. The lowest BCUT2D eigenvalue weighted by Gasteiger charge is -2.29. The van der Waals surface area contributed by atoms with Gasteiger partial charge in [-0.2, -0.15) is 0 Å². The number of Topliss-reactive ketones (excluding diaryl/α,β-unsaturated/α-hetero) is 1. The third kappa shape index (κ3) is 3.96. The number of rotatable bonds is 9. The smallest absolute Gasteiger partial charge is 0.378 e. The van der Waals surface area contributed by atoms with E-state index in [9.17, 15) is 24.9 Å². The van der Waals surface area contributed by atoms with Crippen molar-refractivity contribution in [2.24, 2.45) is 5.92 Å². The molecular weight excluding hydrogens is 392 g/mol. The normalized spacial score (nSPS) is 24.7. The lowest BCUT2D eigenvalue weighted by Crippen LogP contribution is -2.36. The lowest BCUT2D eigenvalue weighted by atomic mass is 9.90. The molecule has 2 aliphatic rings. The number of phenolic OH excluding ortho intramolecular Hbond substituents is 2. The number of carbonyl (C=O) groups excluding carboxylic acids is 2. The van der Waals surface area contributed by atoms with Crippen LogP contribution in [0, 0.1) is 5.92 Å². The summed E-state index contributed by atoms with van der Waals surface area (Å²) in [5, 5.41) is 30.9. The van der Waals surface area contributed by atoms with E-state index in [-0.39, 0.29) is 46.7 Å². The molecule has 4 unspecified atom stereocenters. The Balaban J connectivity index is 1.76. The lowest BCUT2D eigenvalue weighted by molar-refractivity contribution is -0.189. The van der Waals surface area contributed by atoms with Gasteiger partial charge >= 0.3 is 5.97 Å². The van der Waals surface area contributed by atoms with Crippen LogP contribution in [0.15, 0.2) is 29.7 Å². The number of hydrogen-bond donors (Lipinski definition) is 3. The van der Waals surface area contributed by atoms with Gasteiger partial charge < -0.3 is 29.5 Å². The highest BCUT2D eigenvalue weighted by Crippen LogP contribution is 2.49. The van der Waals surface area contributed by atoms with Gasteiger partial charge in [0.2, 0.25) is 0 Å². The van der Waals surface area contributed by atoms with E-state index < -0.39 is 24.0 Å². The van der Waals surface area contributed by atoms with Gasteiger partial charge in [-0.15, -0.1) is 0 Å². The number of hydrogen-bond acceptors (Lipinski definition) is 8. The molecule has 2 aliphatic heterocycles. The number of esters is 1. The molecule has 0 saturated carbocycles.